The summed E-state index contributed by atoms with van der Waals surface area (Å²) in [7, 11) is 0. The minimum atomic E-state index is -1.32. The quantitative estimate of drug-likeness (QED) is 0.103. The van der Waals surface area contributed by atoms with Crippen LogP contribution in [0.3, 0.4) is 0 Å². The Morgan fingerprint density at radius 1 is 1.10 bits per heavy atom. The first-order chi connectivity index (χ1) is 19.6. The van der Waals surface area contributed by atoms with Crippen molar-refractivity contribution in [2.45, 2.75) is 24.9 Å². The number of rotatable bonds is 12. The first kappa shape index (κ1) is 26.8. The van der Waals surface area contributed by atoms with Crippen LogP contribution < -0.4 is 25.1 Å². The van der Waals surface area contributed by atoms with Gasteiger partial charge in [0.1, 0.15) is 12.4 Å². The average molecular weight is 545 g/mol. The third-order valence-electron chi connectivity index (χ3n) is 6.42. The van der Waals surface area contributed by atoms with E-state index in [1.54, 1.807) is 42.5 Å². The van der Waals surface area contributed by atoms with Crippen molar-refractivity contribution in [2.75, 3.05) is 26.6 Å². The number of carbonyl (C=O) groups is 1. The van der Waals surface area contributed by atoms with Crippen molar-refractivity contribution >= 4 is 17.5 Å². The zero-order valence-electron chi connectivity index (χ0n) is 21.6. The molecule has 0 saturated carbocycles. The number of benzene rings is 3. The van der Waals surface area contributed by atoms with Crippen molar-refractivity contribution in [3.05, 3.63) is 93.9 Å². The number of aliphatic hydroxyl groups is 1. The topological polar surface area (TPSA) is 159 Å². The lowest BCUT2D eigenvalue weighted by Crippen LogP contribution is -2.52. The molecule has 0 aliphatic carbocycles. The Balaban J connectivity index is 1.35. The molecule has 206 valence electrons. The van der Waals surface area contributed by atoms with E-state index < -0.39 is 11.4 Å². The van der Waals surface area contributed by atoms with Crippen LogP contribution in [0.15, 0.2) is 76.8 Å². The zero-order valence-corrected chi connectivity index (χ0v) is 21.6. The fourth-order valence-electron chi connectivity index (χ4n) is 4.34. The first-order valence-corrected chi connectivity index (χ1v) is 12.7. The fourth-order valence-corrected chi connectivity index (χ4v) is 4.34. The summed E-state index contributed by atoms with van der Waals surface area (Å²) in [5.74, 6) is 1.90. The van der Waals surface area contributed by atoms with Gasteiger partial charge in [-0.2, -0.15) is 0 Å². The van der Waals surface area contributed by atoms with Crippen LogP contribution in [0.25, 0.3) is 10.4 Å². The van der Waals surface area contributed by atoms with E-state index in [2.05, 4.69) is 20.9 Å². The Bertz CT molecular complexity index is 1440. The first-order valence-electron chi connectivity index (χ1n) is 12.7. The molecule has 0 spiro atoms. The van der Waals surface area contributed by atoms with Crippen molar-refractivity contribution in [3.63, 3.8) is 0 Å². The molecule has 1 amide bonds. The maximum absolute atomic E-state index is 13.6. The molecule has 0 saturated heterocycles. The molecule has 12 heteroatoms. The number of hydrazine groups is 1. The predicted molar refractivity (Wildman–Crippen MR) is 145 cm³/mol. The second-order valence-electron chi connectivity index (χ2n) is 9.18. The number of aliphatic imine (C=N–C) groups is 1. The van der Waals surface area contributed by atoms with Gasteiger partial charge in [-0.3, -0.25) is 10.2 Å². The van der Waals surface area contributed by atoms with Gasteiger partial charge in [0.05, 0.1) is 6.61 Å². The highest BCUT2D eigenvalue weighted by Gasteiger charge is 2.45. The van der Waals surface area contributed by atoms with Crippen molar-refractivity contribution in [3.8, 4) is 17.2 Å². The third-order valence-corrected chi connectivity index (χ3v) is 6.42. The third kappa shape index (κ3) is 6.10. The summed E-state index contributed by atoms with van der Waals surface area (Å²) in [6, 6.07) is 19.8. The van der Waals surface area contributed by atoms with E-state index in [0.29, 0.717) is 59.5 Å². The van der Waals surface area contributed by atoms with Crippen LogP contribution >= 0.6 is 0 Å². The summed E-state index contributed by atoms with van der Waals surface area (Å²) < 4.78 is 22.3. The molecule has 0 aromatic heterocycles. The Morgan fingerprint density at radius 2 is 1.93 bits per heavy atom. The molecule has 0 bridgehead atoms. The van der Waals surface area contributed by atoms with E-state index in [9.17, 15) is 4.79 Å². The summed E-state index contributed by atoms with van der Waals surface area (Å²) in [6.07, 6.45) is 0.681. The molecule has 0 radical (unpaired) electrons. The molecule has 2 heterocycles. The molecule has 40 heavy (non-hydrogen) atoms. The van der Waals surface area contributed by atoms with Crippen molar-refractivity contribution < 1.29 is 28.8 Å². The molecule has 3 aromatic rings. The van der Waals surface area contributed by atoms with Gasteiger partial charge in [0, 0.05) is 42.2 Å². The predicted octanol–water partition coefficient (Wildman–Crippen LogP) is 3.70. The van der Waals surface area contributed by atoms with Crippen molar-refractivity contribution in [1.82, 2.24) is 10.9 Å². The van der Waals surface area contributed by atoms with E-state index in [1.807, 2.05) is 24.3 Å². The van der Waals surface area contributed by atoms with E-state index in [-0.39, 0.29) is 26.4 Å². The molecule has 2 aliphatic heterocycles. The largest absolute Gasteiger partial charge is 0.494 e. The minimum absolute atomic E-state index is 0.0147. The van der Waals surface area contributed by atoms with E-state index in [4.69, 9.17) is 34.6 Å². The van der Waals surface area contributed by atoms with Gasteiger partial charge >= 0.3 is 0 Å². The van der Waals surface area contributed by atoms with Crippen molar-refractivity contribution in [1.29, 1.82) is 0 Å². The summed E-state index contributed by atoms with van der Waals surface area (Å²) >= 11 is 0. The molecule has 1 atom stereocenters. The van der Waals surface area contributed by atoms with Gasteiger partial charge in [0.25, 0.3) is 5.91 Å². The average Bonchev–Trinajstić information content (AvgIpc) is 3.63. The Morgan fingerprint density at radius 3 is 2.75 bits per heavy atom. The minimum Gasteiger partial charge on any atom is -0.494 e. The molecular weight excluding hydrogens is 516 g/mol. The van der Waals surface area contributed by atoms with E-state index in [0.717, 1.165) is 5.56 Å². The van der Waals surface area contributed by atoms with E-state index >= 15 is 0 Å². The number of carbonyl (C=O) groups excluding carboxylic acids is 1. The van der Waals surface area contributed by atoms with E-state index in [1.165, 1.54) is 0 Å². The van der Waals surface area contributed by atoms with Crippen LogP contribution in [0, 0.1) is 0 Å². The maximum atomic E-state index is 13.6. The summed E-state index contributed by atoms with van der Waals surface area (Å²) in [5.41, 5.74) is 16.1. The highest BCUT2D eigenvalue weighted by molar-refractivity contribution is 6.00. The smallest absolute Gasteiger partial charge is 0.266 e. The summed E-state index contributed by atoms with van der Waals surface area (Å²) in [6.45, 7) is 0.965. The van der Waals surface area contributed by atoms with Gasteiger partial charge in [-0.1, -0.05) is 35.4 Å². The number of hydrogen-bond acceptors (Lipinski definition) is 9. The Hall–Kier alpha value is -4.77. The molecule has 0 fully saturated rings. The number of ether oxygens (including phenoxy) is 4. The highest BCUT2D eigenvalue weighted by atomic mass is 16.7. The lowest BCUT2D eigenvalue weighted by Gasteiger charge is -2.24. The number of hydrogen-bond donors (Lipinski definition) is 3. The molecule has 12 nitrogen and oxygen atoms in total. The van der Waals surface area contributed by atoms with Crippen LogP contribution in [0.2, 0.25) is 0 Å². The van der Waals surface area contributed by atoms with Gasteiger partial charge in [-0.05, 0) is 53.1 Å². The summed E-state index contributed by atoms with van der Waals surface area (Å²) in [4.78, 5) is 21.3. The molecule has 3 aromatic carbocycles. The number of azide groups is 1. The Labute approximate surface area is 230 Å². The number of nitrogens with zero attached hydrogens (tertiary/aromatic N) is 4. The Kier molecular flexibility index (Phi) is 8.31. The van der Waals surface area contributed by atoms with Gasteiger partial charge in [-0.15, -0.1) is 0 Å². The zero-order chi connectivity index (χ0) is 27.8. The van der Waals surface area contributed by atoms with Crippen molar-refractivity contribution in [2.24, 2.45) is 10.1 Å². The molecule has 0 unspecified atom stereocenters. The second-order valence-corrected chi connectivity index (χ2v) is 9.18. The lowest BCUT2D eigenvalue weighted by atomic mass is 9.91. The van der Waals surface area contributed by atoms with Gasteiger partial charge in [0.2, 0.25) is 12.7 Å². The highest BCUT2D eigenvalue weighted by Crippen LogP contribution is 2.33. The van der Waals surface area contributed by atoms with Gasteiger partial charge < -0.3 is 24.1 Å². The normalized spacial score (nSPS) is 17.0. The van der Waals surface area contributed by atoms with Crippen LogP contribution in [0.4, 0.5) is 5.69 Å². The lowest BCUT2D eigenvalue weighted by molar-refractivity contribution is -0.127. The number of amides is 1. The number of aliphatic hydroxyl groups excluding tert-OH is 1. The van der Waals surface area contributed by atoms with Gasteiger partial charge in [-0.25, -0.2) is 10.4 Å². The van der Waals surface area contributed by atoms with Gasteiger partial charge in [0.15, 0.2) is 17.0 Å². The summed E-state index contributed by atoms with van der Waals surface area (Å²) in [5, 5.41) is 12.7. The SMILES string of the molecule is [N-]=[N+]=Nc1ccccc1C[C@@]1(C(=O)NNCc2ccc3c(c2)OCO3)COC(c2ccc(OCCCO)cc2)=N1. The monoisotopic (exact) mass is 544 g/mol. The molecule has 3 N–H and O–H groups in total. The van der Waals surface area contributed by atoms with Crippen LogP contribution in [-0.2, 0) is 22.5 Å². The van der Waals surface area contributed by atoms with Crippen LogP contribution in [-0.4, -0.2) is 49.1 Å². The van der Waals surface area contributed by atoms with Crippen LogP contribution in [0.1, 0.15) is 23.1 Å². The molecule has 2 aliphatic rings. The fraction of sp³-hybridized carbons (Fsp3) is 0.286. The molecular formula is C28H28N6O6. The van der Waals surface area contributed by atoms with Crippen LogP contribution in [0.5, 0.6) is 17.2 Å². The number of nitrogens with one attached hydrogen (secondary N) is 2. The maximum Gasteiger partial charge on any atom is 0.266 e. The number of fused-ring (bicyclic) bond motifs is 1. The molecule has 5 rings (SSSR count). The second kappa shape index (κ2) is 12.4. The standard InChI is InChI=1S/C28H28N6O6/c29-34-32-23-5-2-1-4-21(23)15-28(27(36)33-30-16-19-6-11-24-25(14-19)40-18-39-24)17-38-26(31-28)20-7-9-22(10-8-20)37-13-3-12-35/h1-2,4-11,14,30,35H,3,12-13,15-18H2,(H,33,36)/t28-/m0/s1.